The van der Waals surface area contributed by atoms with E-state index in [9.17, 15) is 0 Å². The molecule has 0 amide bonds. The van der Waals surface area contributed by atoms with Crippen molar-refractivity contribution in [2.75, 3.05) is 6.61 Å². The molecule has 3 rings (SSSR count). The smallest absolute Gasteiger partial charge is 0.122 e. The minimum Gasteiger partial charge on any atom is -0.493 e. The highest BCUT2D eigenvalue weighted by molar-refractivity contribution is 9.13. The van der Waals surface area contributed by atoms with Crippen LogP contribution in [0, 0.1) is 0 Å². The summed E-state index contributed by atoms with van der Waals surface area (Å²) in [6.07, 6.45) is 0. The molecule has 0 aliphatic carbocycles. The van der Waals surface area contributed by atoms with Crippen LogP contribution in [0.4, 0.5) is 0 Å². The van der Waals surface area contributed by atoms with Gasteiger partial charge in [0, 0.05) is 20.8 Å². The van der Waals surface area contributed by atoms with E-state index in [1.165, 1.54) is 10.4 Å². The molecular weight excluding hydrogens is 444 g/mol. The molecule has 18 heavy (non-hydrogen) atoms. The summed E-state index contributed by atoms with van der Waals surface area (Å²) in [6.45, 7) is 0.738. The maximum absolute atomic E-state index is 5.74. The average molecular weight is 453 g/mol. The van der Waals surface area contributed by atoms with E-state index in [2.05, 4.69) is 66.0 Å². The Labute approximate surface area is 135 Å². The molecule has 0 radical (unpaired) electrons. The third-order valence-electron chi connectivity index (χ3n) is 3.03. The van der Waals surface area contributed by atoms with Gasteiger partial charge in [-0.05, 0) is 44.0 Å². The Kier molecular flexibility index (Phi) is 3.85. The summed E-state index contributed by atoms with van der Waals surface area (Å²) in [5, 5.41) is 0. The maximum Gasteiger partial charge on any atom is 0.122 e. The molecule has 1 aromatic heterocycles. The van der Waals surface area contributed by atoms with Gasteiger partial charge in [0.2, 0.25) is 0 Å². The van der Waals surface area contributed by atoms with Gasteiger partial charge in [-0.25, -0.2) is 0 Å². The Bertz CT molecular complexity index is 562. The molecule has 94 valence electrons. The van der Waals surface area contributed by atoms with Gasteiger partial charge in [-0.3, -0.25) is 0 Å². The van der Waals surface area contributed by atoms with Crippen molar-refractivity contribution in [3.8, 4) is 5.75 Å². The zero-order valence-electron chi connectivity index (χ0n) is 9.20. The molecule has 2 heterocycles. The van der Waals surface area contributed by atoms with Crippen LogP contribution < -0.4 is 4.74 Å². The van der Waals surface area contributed by atoms with E-state index < -0.39 is 0 Å². The lowest BCUT2D eigenvalue weighted by molar-refractivity contribution is 0.330. The normalized spacial score (nSPS) is 19.4. The lowest BCUT2D eigenvalue weighted by Crippen LogP contribution is -2.06. The summed E-state index contributed by atoms with van der Waals surface area (Å²) >= 11 is 12.7. The van der Waals surface area contributed by atoms with E-state index >= 15 is 0 Å². The second-order valence-electron chi connectivity index (χ2n) is 4.13. The number of alkyl halides is 1. The Morgan fingerprint density at radius 2 is 2.06 bits per heavy atom. The second-order valence-corrected chi connectivity index (χ2v) is 8.37. The minimum atomic E-state index is 0.286. The van der Waals surface area contributed by atoms with Crippen LogP contribution >= 0.6 is 59.1 Å². The molecule has 2 unspecified atom stereocenters. The standard InChI is InChI=1S/C13H9Br3OS/c14-9-5-11(18-13(9)16)12(15)8-6-17-10-4-2-1-3-7(8)10/h1-5,8,12H,6H2. The average Bonchev–Trinajstić information content (AvgIpc) is 2.93. The Morgan fingerprint density at radius 3 is 2.78 bits per heavy atom. The van der Waals surface area contributed by atoms with Gasteiger partial charge in [0.1, 0.15) is 5.75 Å². The van der Waals surface area contributed by atoms with Crippen molar-refractivity contribution in [2.24, 2.45) is 0 Å². The topological polar surface area (TPSA) is 9.23 Å². The van der Waals surface area contributed by atoms with Crippen molar-refractivity contribution in [3.63, 3.8) is 0 Å². The zero-order chi connectivity index (χ0) is 12.7. The van der Waals surface area contributed by atoms with Crippen LogP contribution in [-0.4, -0.2) is 6.61 Å². The molecule has 0 spiro atoms. The fraction of sp³-hybridized carbons (Fsp3) is 0.231. The molecule has 2 atom stereocenters. The van der Waals surface area contributed by atoms with E-state index in [4.69, 9.17) is 4.74 Å². The van der Waals surface area contributed by atoms with Crippen molar-refractivity contribution in [1.82, 2.24) is 0 Å². The molecule has 1 aromatic carbocycles. The number of fused-ring (bicyclic) bond motifs is 1. The number of rotatable bonds is 2. The first-order valence-corrected chi connectivity index (χ1v) is 8.79. The molecule has 2 aromatic rings. The summed E-state index contributed by atoms with van der Waals surface area (Å²) in [5.41, 5.74) is 1.29. The Balaban J connectivity index is 1.92. The van der Waals surface area contributed by atoms with E-state index in [1.54, 1.807) is 11.3 Å². The van der Waals surface area contributed by atoms with Gasteiger partial charge in [-0.2, -0.15) is 0 Å². The third kappa shape index (κ3) is 2.30. The number of hydrogen-bond acceptors (Lipinski definition) is 2. The van der Waals surface area contributed by atoms with Crippen LogP contribution in [0.25, 0.3) is 0 Å². The monoisotopic (exact) mass is 450 g/mol. The Morgan fingerprint density at radius 1 is 1.28 bits per heavy atom. The van der Waals surface area contributed by atoms with E-state index in [0.29, 0.717) is 5.92 Å². The molecule has 1 aliphatic rings. The highest BCUT2D eigenvalue weighted by Crippen LogP contribution is 2.48. The summed E-state index contributed by atoms with van der Waals surface area (Å²) in [6, 6.07) is 10.4. The fourth-order valence-electron chi connectivity index (χ4n) is 2.13. The van der Waals surface area contributed by atoms with E-state index in [-0.39, 0.29) is 4.83 Å². The number of benzene rings is 1. The minimum absolute atomic E-state index is 0.286. The van der Waals surface area contributed by atoms with E-state index in [0.717, 1.165) is 20.6 Å². The van der Waals surface area contributed by atoms with Gasteiger partial charge in [0.25, 0.3) is 0 Å². The highest BCUT2D eigenvalue weighted by atomic mass is 79.9. The molecule has 0 bridgehead atoms. The van der Waals surface area contributed by atoms with Crippen LogP contribution in [0.2, 0.25) is 0 Å². The van der Waals surface area contributed by atoms with Gasteiger partial charge in [0.05, 0.1) is 15.2 Å². The van der Waals surface area contributed by atoms with Crippen molar-refractivity contribution >= 4 is 59.1 Å². The van der Waals surface area contributed by atoms with Crippen molar-refractivity contribution in [2.45, 2.75) is 10.7 Å². The van der Waals surface area contributed by atoms with Crippen molar-refractivity contribution < 1.29 is 4.74 Å². The number of hydrogen-bond donors (Lipinski definition) is 0. The van der Waals surface area contributed by atoms with Crippen molar-refractivity contribution in [1.29, 1.82) is 0 Å². The van der Waals surface area contributed by atoms with Crippen LogP contribution in [0.3, 0.4) is 0 Å². The third-order valence-corrected chi connectivity index (χ3v) is 7.80. The number of thiophene rings is 1. The fourth-order valence-corrected chi connectivity index (χ4v) is 5.11. The van der Waals surface area contributed by atoms with Crippen LogP contribution in [0.1, 0.15) is 21.2 Å². The summed E-state index contributed by atoms with van der Waals surface area (Å²) < 4.78 is 7.99. The number of para-hydroxylation sites is 1. The van der Waals surface area contributed by atoms with Gasteiger partial charge < -0.3 is 4.74 Å². The SMILES string of the molecule is Brc1cc(C(Br)C2COc3ccccc32)sc1Br. The van der Waals surface area contributed by atoms with Crippen LogP contribution in [0.5, 0.6) is 5.75 Å². The molecule has 5 heteroatoms. The van der Waals surface area contributed by atoms with Gasteiger partial charge >= 0.3 is 0 Å². The van der Waals surface area contributed by atoms with Gasteiger partial charge in [-0.15, -0.1) is 11.3 Å². The largest absolute Gasteiger partial charge is 0.493 e. The first-order valence-electron chi connectivity index (χ1n) is 5.47. The predicted octanol–water partition coefficient (Wildman–Crippen LogP) is 5.89. The Hall–Kier alpha value is 0.160. The van der Waals surface area contributed by atoms with Gasteiger partial charge in [-0.1, -0.05) is 34.1 Å². The molecule has 1 aliphatic heterocycles. The molecule has 0 fully saturated rings. The van der Waals surface area contributed by atoms with Gasteiger partial charge in [0.15, 0.2) is 0 Å². The number of halogens is 3. The molecule has 1 nitrogen and oxygen atoms in total. The summed E-state index contributed by atoms with van der Waals surface area (Å²) in [5.74, 6) is 1.39. The second kappa shape index (κ2) is 5.27. The first-order chi connectivity index (χ1) is 8.66. The number of ether oxygens (including phenoxy) is 1. The van der Waals surface area contributed by atoms with Crippen LogP contribution in [-0.2, 0) is 0 Å². The van der Waals surface area contributed by atoms with Crippen molar-refractivity contribution in [3.05, 3.63) is 49.0 Å². The molecule has 0 N–H and O–H groups in total. The zero-order valence-corrected chi connectivity index (χ0v) is 14.8. The van der Waals surface area contributed by atoms with E-state index in [1.807, 2.05) is 12.1 Å². The van der Waals surface area contributed by atoms with Crippen LogP contribution in [0.15, 0.2) is 38.6 Å². The summed E-state index contributed by atoms with van der Waals surface area (Å²) in [4.78, 5) is 1.59. The first kappa shape index (κ1) is 13.2. The highest BCUT2D eigenvalue weighted by Gasteiger charge is 2.31. The predicted molar refractivity (Wildman–Crippen MR) is 86.1 cm³/mol. The lowest BCUT2D eigenvalue weighted by atomic mass is 9.97. The molecular formula is C13H9Br3OS. The lowest BCUT2D eigenvalue weighted by Gasteiger charge is -2.14. The molecule has 0 saturated heterocycles. The summed E-state index contributed by atoms with van der Waals surface area (Å²) in [7, 11) is 0. The quantitative estimate of drug-likeness (QED) is 0.516. The molecule has 0 saturated carbocycles. The maximum atomic E-state index is 5.74.